The largest absolute Gasteiger partial charge is 0.355 e. The van der Waals surface area contributed by atoms with Gasteiger partial charge in [0, 0.05) is 19.0 Å². The number of unbranched alkanes of at least 4 members (excludes halogenated alkanes) is 5. The molecular formula is C19H28N2O2. The fourth-order valence-corrected chi connectivity index (χ4v) is 3.16. The Kier molecular flexibility index (Phi) is 7.11. The van der Waals surface area contributed by atoms with E-state index in [1.54, 1.807) is 0 Å². The lowest BCUT2D eigenvalue weighted by Crippen LogP contribution is -2.37. The average Bonchev–Trinajstić information content (AvgIpc) is 2.96. The summed E-state index contributed by atoms with van der Waals surface area (Å²) in [5.74, 6) is -0.951. The minimum atomic E-state index is -0.600. The first-order chi connectivity index (χ1) is 11.2. The van der Waals surface area contributed by atoms with Crippen molar-refractivity contribution in [1.29, 1.82) is 0 Å². The molecule has 0 unspecified atom stereocenters. The molecule has 2 N–H and O–H groups in total. The Hall–Kier alpha value is -1.84. The zero-order chi connectivity index (χ0) is 16.5. The van der Waals surface area contributed by atoms with E-state index >= 15 is 0 Å². The van der Waals surface area contributed by atoms with Crippen LogP contribution in [0.1, 0.15) is 56.9 Å². The molecular weight excluding hydrogens is 288 g/mol. The Balaban J connectivity index is 1.79. The number of hydrogen-bond donors (Lipinski definition) is 2. The average molecular weight is 316 g/mol. The molecule has 1 heterocycles. The smallest absolute Gasteiger partial charge is 0.233 e. The number of nitrogens with one attached hydrogen (secondary N) is 2. The van der Waals surface area contributed by atoms with Gasteiger partial charge in [-0.25, -0.2) is 0 Å². The van der Waals surface area contributed by atoms with E-state index in [0.29, 0.717) is 13.1 Å². The molecule has 2 atom stereocenters. The molecule has 126 valence electrons. The van der Waals surface area contributed by atoms with Gasteiger partial charge in [0.05, 0.1) is 0 Å². The van der Waals surface area contributed by atoms with Crippen molar-refractivity contribution in [3.8, 4) is 0 Å². The van der Waals surface area contributed by atoms with Crippen molar-refractivity contribution in [3.05, 3.63) is 35.9 Å². The van der Waals surface area contributed by atoms with E-state index in [0.717, 1.165) is 18.4 Å². The number of carbonyl (C=O) groups excluding carboxylic acids is 2. The molecule has 2 amide bonds. The highest BCUT2D eigenvalue weighted by atomic mass is 16.2. The van der Waals surface area contributed by atoms with Gasteiger partial charge in [-0.05, 0) is 12.0 Å². The molecule has 2 rings (SSSR count). The summed E-state index contributed by atoms with van der Waals surface area (Å²) in [5.41, 5.74) is 1.05. The number of benzene rings is 1. The maximum atomic E-state index is 12.4. The quantitative estimate of drug-likeness (QED) is 0.543. The van der Waals surface area contributed by atoms with Crippen LogP contribution in [-0.2, 0) is 9.59 Å². The Morgan fingerprint density at radius 3 is 2.57 bits per heavy atom. The zero-order valence-electron chi connectivity index (χ0n) is 14.0. The Morgan fingerprint density at radius 1 is 1.13 bits per heavy atom. The molecule has 4 heteroatoms. The molecule has 0 aliphatic carbocycles. The number of amides is 2. The number of hydrogen-bond acceptors (Lipinski definition) is 2. The van der Waals surface area contributed by atoms with Crippen LogP contribution in [0, 0.1) is 5.92 Å². The third-order valence-electron chi connectivity index (χ3n) is 4.52. The minimum Gasteiger partial charge on any atom is -0.355 e. The molecule has 0 saturated carbocycles. The lowest BCUT2D eigenvalue weighted by atomic mass is 9.88. The van der Waals surface area contributed by atoms with Gasteiger partial charge in [-0.2, -0.15) is 0 Å². The lowest BCUT2D eigenvalue weighted by Gasteiger charge is -2.17. The summed E-state index contributed by atoms with van der Waals surface area (Å²) in [6.07, 6.45) is 7.15. The summed E-state index contributed by atoms with van der Waals surface area (Å²) in [4.78, 5) is 24.4. The third kappa shape index (κ3) is 5.08. The molecule has 1 aliphatic rings. The van der Waals surface area contributed by atoms with Crippen LogP contribution in [0.5, 0.6) is 0 Å². The standard InChI is InChI=1S/C19H28N2O2/c1-2-3-4-5-6-10-13-20-18(22)17-16(14-21-19(17)23)15-11-8-7-9-12-15/h7-9,11-12,16-17H,2-6,10,13-14H2,1H3,(H,20,22)(H,21,23)/t16-,17+/m0/s1. The van der Waals surface area contributed by atoms with Gasteiger partial charge >= 0.3 is 0 Å². The first-order valence-corrected chi connectivity index (χ1v) is 8.84. The van der Waals surface area contributed by atoms with Crippen LogP contribution in [0.2, 0.25) is 0 Å². The second-order valence-electron chi connectivity index (χ2n) is 6.30. The van der Waals surface area contributed by atoms with E-state index in [1.165, 1.54) is 25.7 Å². The maximum Gasteiger partial charge on any atom is 0.233 e. The summed E-state index contributed by atoms with van der Waals surface area (Å²) in [6, 6.07) is 9.81. The van der Waals surface area contributed by atoms with E-state index in [2.05, 4.69) is 17.6 Å². The zero-order valence-corrected chi connectivity index (χ0v) is 14.0. The molecule has 1 fully saturated rings. The highest BCUT2D eigenvalue weighted by Gasteiger charge is 2.40. The second kappa shape index (κ2) is 9.33. The minimum absolute atomic E-state index is 0.0618. The maximum absolute atomic E-state index is 12.4. The van der Waals surface area contributed by atoms with Gasteiger partial charge in [0.15, 0.2) is 0 Å². The highest BCUT2D eigenvalue weighted by Crippen LogP contribution is 2.28. The first kappa shape index (κ1) is 17.5. The van der Waals surface area contributed by atoms with Crippen molar-refractivity contribution in [2.24, 2.45) is 5.92 Å². The molecule has 0 aromatic heterocycles. The monoisotopic (exact) mass is 316 g/mol. The Morgan fingerprint density at radius 2 is 1.83 bits per heavy atom. The molecule has 0 bridgehead atoms. The van der Waals surface area contributed by atoms with Gasteiger partial charge in [0.1, 0.15) is 5.92 Å². The van der Waals surface area contributed by atoms with Crippen LogP contribution >= 0.6 is 0 Å². The first-order valence-electron chi connectivity index (χ1n) is 8.84. The number of carbonyl (C=O) groups is 2. The van der Waals surface area contributed by atoms with Crippen molar-refractivity contribution >= 4 is 11.8 Å². The van der Waals surface area contributed by atoms with Gasteiger partial charge in [-0.1, -0.05) is 69.4 Å². The molecule has 1 aliphatic heterocycles. The van der Waals surface area contributed by atoms with E-state index in [9.17, 15) is 9.59 Å². The highest BCUT2D eigenvalue weighted by molar-refractivity contribution is 6.03. The molecule has 1 aromatic rings. The molecule has 23 heavy (non-hydrogen) atoms. The summed E-state index contributed by atoms with van der Waals surface area (Å²) in [7, 11) is 0. The summed E-state index contributed by atoms with van der Waals surface area (Å²) < 4.78 is 0. The molecule has 1 saturated heterocycles. The van der Waals surface area contributed by atoms with E-state index in [-0.39, 0.29) is 17.7 Å². The Bertz CT molecular complexity index is 501. The van der Waals surface area contributed by atoms with E-state index < -0.39 is 5.92 Å². The fourth-order valence-electron chi connectivity index (χ4n) is 3.16. The summed E-state index contributed by atoms with van der Waals surface area (Å²) >= 11 is 0. The van der Waals surface area contributed by atoms with Crippen molar-refractivity contribution in [3.63, 3.8) is 0 Å². The number of rotatable bonds is 9. The van der Waals surface area contributed by atoms with Gasteiger partial charge in [-0.15, -0.1) is 0 Å². The van der Waals surface area contributed by atoms with Crippen LogP contribution in [0.4, 0.5) is 0 Å². The summed E-state index contributed by atoms with van der Waals surface area (Å²) in [5, 5.41) is 5.77. The van der Waals surface area contributed by atoms with Crippen LogP contribution in [-0.4, -0.2) is 24.9 Å². The third-order valence-corrected chi connectivity index (χ3v) is 4.52. The molecule has 1 aromatic carbocycles. The van der Waals surface area contributed by atoms with Crippen LogP contribution in [0.15, 0.2) is 30.3 Å². The van der Waals surface area contributed by atoms with Gasteiger partial charge in [-0.3, -0.25) is 9.59 Å². The van der Waals surface area contributed by atoms with E-state index in [1.807, 2.05) is 30.3 Å². The summed E-state index contributed by atoms with van der Waals surface area (Å²) in [6.45, 7) is 3.41. The normalized spacial score (nSPS) is 20.3. The van der Waals surface area contributed by atoms with Gasteiger partial charge in [0.25, 0.3) is 0 Å². The van der Waals surface area contributed by atoms with Crippen molar-refractivity contribution in [2.45, 2.75) is 51.4 Å². The van der Waals surface area contributed by atoms with Crippen molar-refractivity contribution in [1.82, 2.24) is 10.6 Å². The molecule has 0 spiro atoms. The SMILES string of the molecule is CCCCCCCCNC(=O)[C@@H]1C(=O)NC[C@H]1c1ccccc1. The predicted molar refractivity (Wildman–Crippen MR) is 92.1 cm³/mol. The van der Waals surface area contributed by atoms with Crippen LogP contribution in [0.3, 0.4) is 0 Å². The van der Waals surface area contributed by atoms with Crippen molar-refractivity contribution < 1.29 is 9.59 Å². The van der Waals surface area contributed by atoms with Gasteiger partial charge in [0.2, 0.25) is 11.8 Å². The predicted octanol–water partition coefficient (Wildman–Crippen LogP) is 2.99. The lowest BCUT2D eigenvalue weighted by molar-refractivity contribution is -0.133. The van der Waals surface area contributed by atoms with Crippen LogP contribution in [0.25, 0.3) is 0 Å². The van der Waals surface area contributed by atoms with Gasteiger partial charge < -0.3 is 10.6 Å². The second-order valence-corrected chi connectivity index (χ2v) is 6.30. The topological polar surface area (TPSA) is 58.2 Å². The fraction of sp³-hybridized carbons (Fsp3) is 0.579. The Labute approximate surface area is 139 Å². The molecule has 0 radical (unpaired) electrons. The van der Waals surface area contributed by atoms with Crippen molar-refractivity contribution in [2.75, 3.05) is 13.1 Å². The molecule has 4 nitrogen and oxygen atoms in total. The van der Waals surface area contributed by atoms with Crippen LogP contribution < -0.4 is 10.6 Å². The van der Waals surface area contributed by atoms with E-state index in [4.69, 9.17) is 0 Å².